The van der Waals surface area contributed by atoms with E-state index in [2.05, 4.69) is 11.8 Å². The molecule has 2 heterocycles. The Bertz CT molecular complexity index is 596. The van der Waals surface area contributed by atoms with Gasteiger partial charge in [-0.2, -0.15) is 0 Å². The van der Waals surface area contributed by atoms with Crippen LogP contribution in [0.1, 0.15) is 56.3 Å². The van der Waals surface area contributed by atoms with E-state index in [9.17, 15) is 9.18 Å². The van der Waals surface area contributed by atoms with Crippen molar-refractivity contribution >= 4 is 5.78 Å². The molecule has 1 aromatic carbocycles. The number of rotatable bonds is 6. The van der Waals surface area contributed by atoms with E-state index in [0.717, 1.165) is 51.9 Å². The Morgan fingerprint density at radius 2 is 1.96 bits per heavy atom. The predicted octanol–water partition coefficient (Wildman–Crippen LogP) is 4.04. The molecular formula is C21H30FNO3. The van der Waals surface area contributed by atoms with Gasteiger partial charge in [-0.15, -0.1) is 0 Å². The van der Waals surface area contributed by atoms with Crippen LogP contribution in [0.5, 0.6) is 0 Å². The lowest BCUT2D eigenvalue weighted by molar-refractivity contribution is -0.286. The van der Waals surface area contributed by atoms with Gasteiger partial charge in [0.2, 0.25) is 0 Å². The van der Waals surface area contributed by atoms with Gasteiger partial charge in [0, 0.05) is 31.0 Å². The molecule has 0 aromatic heterocycles. The average molecular weight is 363 g/mol. The third-order valence-corrected chi connectivity index (χ3v) is 5.92. The van der Waals surface area contributed by atoms with Crippen molar-refractivity contribution in [2.45, 2.75) is 57.8 Å². The van der Waals surface area contributed by atoms with Gasteiger partial charge in [-0.25, -0.2) is 4.39 Å². The number of ketones is 1. The number of hydrogen-bond acceptors (Lipinski definition) is 4. The maximum Gasteiger partial charge on any atom is 0.162 e. The first-order valence-electron chi connectivity index (χ1n) is 9.83. The van der Waals surface area contributed by atoms with Gasteiger partial charge in [-0.05, 0) is 63.4 Å². The van der Waals surface area contributed by atoms with Crippen molar-refractivity contribution in [2.75, 3.05) is 26.2 Å². The molecule has 2 aliphatic rings. The molecule has 2 atom stereocenters. The molecule has 4 nitrogen and oxygen atoms in total. The zero-order valence-corrected chi connectivity index (χ0v) is 15.9. The van der Waals surface area contributed by atoms with Crippen LogP contribution in [0.25, 0.3) is 0 Å². The second kappa shape index (κ2) is 8.59. The summed E-state index contributed by atoms with van der Waals surface area (Å²) in [5.41, 5.74) is 0.562. The van der Waals surface area contributed by atoms with E-state index in [1.807, 2.05) is 6.92 Å². The van der Waals surface area contributed by atoms with Crippen LogP contribution in [-0.4, -0.2) is 48.8 Å². The van der Waals surface area contributed by atoms with Gasteiger partial charge in [0.25, 0.3) is 0 Å². The van der Waals surface area contributed by atoms with Crippen molar-refractivity contribution in [2.24, 2.45) is 5.92 Å². The van der Waals surface area contributed by atoms with E-state index >= 15 is 0 Å². The van der Waals surface area contributed by atoms with Crippen molar-refractivity contribution in [3.63, 3.8) is 0 Å². The van der Waals surface area contributed by atoms with Crippen molar-refractivity contribution in [1.82, 2.24) is 4.90 Å². The number of ether oxygens (including phenoxy) is 2. The molecule has 2 fully saturated rings. The van der Waals surface area contributed by atoms with Crippen molar-refractivity contribution in [3.8, 4) is 0 Å². The first-order valence-corrected chi connectivity index (χ1v) is 9.83. The molecule has 0 saturated carbocycles. The monoisotopic (exact) mass is 363 g/mol. The van der Waals surface area contributed by atoms with Crippen LogP contribution in [0.3, 0.4) is 0 Å². The summed E-state index contributed by atoms with van der Waals surface area (Å²) in [4.78, 5) is 14.6. The highest BCUT2D eigenvalue weighted by Crippen LogP contribution is 2.40. The van der Waals surface area contributed by atoms with Crippen LogP contribution in [0.4, 0.5) is 4.39 Å². The summed E-state index contributed by atoms with van der Waals surface area (Å²) in [6.07, 6.45) is 4.37. The molecule has 26 heavy (non-hydrogen) atoms. The Morgan fingerprint density at radius 3 is 2.62 bits per heavy atom. The van der Waals surface area contributed by atoms with Crippen molar-refractivity contribution < 1.29 is 18.7 Å². The number of carbonyl (C=O) groups is 1. The van der Waals surface area contributed by atoms with Gasteiger partial charge >= 0.3 is 0 Å². The van der Waals surface area contributed by atoms with Gasteiger partial charge < -0.3 is 14.4 Å². The zero-order chi connectivity index (χ0) is 18.6. The third kappa shape index (κ3) is 4.51. The Labute approximate surface area is 155 Å². The lowest BCUT2D eigenvalue weighted by atomic mass is 9.77. The highest BCUT2D eigenvalue weighted by Gasteiger charge is 2.45. The maximum atomic E-state index is 12.9. The van der Waals surface area contributed by atoms with E-state index in [0.29, 0.717) is 17.9 Å². The molecule has 1 aromatic rings. The molecule has 0 aliphatic carbocycles. The van der Waals surface area contributed by atoms with Gasteiger partial charge in [0.15, 0.2) is 12.1 Å². The Hall–Kier alpha value is -1.30. The van der Waals surface area contributed by atoms with Gasteiger partial charge in [-0.3, -0.25) is 4.79 Å². The number of halogens is 1. The maximum absolute atomic E-state index is 12.9. The van der Waals surface area contributed by atoms with Gasteiger partial charge in [0.1, 0.15) is 5.82 Å². The van der Waals surface area contributed by atoms with Crippen LogP contribution >= 0.6 is 0 Å². The molecule has 5 heteroatoms. The third-order valence-electron chi connectivity index (χ3n) is 5.92. The van der Waals surface area contributed by atoms with Crippen LogP contribution in [0, 0.1) is 11.7 Å². The minimum absolute atomic E-state index is 0.0349. The molecule has 2 aliphatic heterocycles. The quantitative estimate of drug-likeness (QED) is 0.715. The number of hydrogen-bond donors (Lipinski definition) is 0. The topological polar surface area (TPSA) is 38.8 Å². The van der Waals surface area contributed by atoms with E-state index in [-0.39, 0.29) is 23.5 Å². The molecule has 144 valence electrons. The standard InChI is InChI=1S/C21H30FNO3/c1-3-18-15-25-16(2)26-21(18)10-13-23(14-11-21)12-4-5-20(24)17-6-8-19(22)9-7-17/h6-9,16,18H,3-5,10-15H2,1-2H3. The second-order valence-electron chi connectivity index (χ2n) is 7.56. The summed E-state index contributed by atoms with van der Waals surface area (Å²) >= 11 is 0. The normalized spacial score (nSPS) is 26.1. The summed E-state index contributed by atoms with van der Waals surface area (Å²) in [6, 6.07) is 5.82. The number of likely N-dealkylation sites (tertiary alicyclic amines) is 1. The number of benzene rings is 1. The number of nitrogens with zero attached hydrogens (tertiary/aromatic N) is 1. The molecule has 0 N–H and O–H groups in total. The fourth-order valence-electron chi connectivity index (χ4n) is 4.28. The Balaban J connectivity index is 1.44. The Kier molecular flexibility index (Phi) is 6.43. The minimum atomic E-state index is -0.307. The fourth-order valence-corrected chi connectivity index (χ4v) is 4.28. The highest BCUT2D eigenvalue weighted by molar-refractivity contribution is 5.95. The number of carbonyl (C=O) groups excluding carboxylic acids is 1. The summed E-state index contributed by atoms with van der Waals surface area (Å²) < 4.78 is 24.9. The number of Topliss-reactive ketones (excluding diaryl/α,β-unsaturated/α-hetero) is 1. The second-order valence-corrected chi connectivity index (χ2v) is 7.56. The number of piperidine rings is 1. The van der Waals surface area contributed by atoms with Crippen LogP contribution < -0.4 is 0 Å². The summed E-state index contributed by atoms with van der Waals surface area (Å²) in [7, 11) is 0. The van der Waals surface area contributed by atoms with Crippen molar-refractivity contribution in [1.29, 1.82) is 0 Å². The van der Waals surface area contributed by atoms with E-state index in [4.69, 9.17) is 9.47 Å². The van der Waals surface area contributed by atoms with Crippen LogP contribution in [-0.2, 0) is 9.47 Å². The summed E-state index contributed by atoms with van der Waals surface area (Å²) in [5, 5.41) is 0. The highest BCUT2D eigenvalue weighted by atomic mass is 19.1. The van der Waals surface area contributed by atoms with E-state index < -0.39 is 0 Å². The largest absolute Gasteiger partial charge is 0.353 e. The SMILES string of the molecule is CCC1COC(C)OC12CCN(CCCC(=O)c1ccc(F)cc1)CC2. The molecule has 0 amide bonds. The first kappa shape index (κ1) is 19.5. The van der Waals surface area contributed by atoms with Gasteiger partial charge in [-0.1, -0.05) is 6.92 Å². The van der Waals surface area contributed by atoms with Crippen LogP contribution in [0.2, 0.25) is 0 Å². The molecule has 2 unspecified atom stereocenters. The minimum Gasteiger partial charge on any atom is -0.353 e. The first-order chi connectivity index (χ1) is 12.5. The molecule has 0 radical (unpaired) electrons. The smallest absolute Gasteiger partial charge is 0.162 e. The zero-order valence-electron chi connectivity index (χ0n) is 15.9. The van der Waals surface area contributed by atoms with E-state index in [1.54, 1.807) is 12.1 Å². The fraction of sp³-hybridized carbons (Fsp3) is 0.667. The molecule has 3 rings (SSSR count). The molecule has 2 saturated heterocycles. The summed E-state index contributed by atoms with van der Waals surface area (Å²) in [6.45, 7) is 7.93. The van der Waals surface area contributed by atoms with Crippen molar-refractivity contribution in [3.05, 3.63) is 35.6 Å². The Morgan fingerprint density at radius 1 is 1.27 bits per heavy atom. The van der Waals surface area contributed by atoms with E-state index in [1.165, 1.54) is 12.1 Å². The predicted molar refractivity (Wildman–Crippen MR) is 98.6 cm³/mol. The van der Waals surface area contributed by atoms with Crippen LogP contribution in [0.15, 0.2) is 24.3 Å². The lowest BCUT2D eigenvalue weighted by Gasteiger charge is -2.50. The molecule has 1 spiro atoms. The molecule has 0 bridgehead atoms. The summed E-state index contributed by atoms with van der Waals surface area (Å²) in [5.74, 6) is 0.255. The lowest BCUT2D eigenvalue weighted by Crippen LogP contribution is -2.56. The average Bonchev–Trinajstić information content (AvgIpc) is 2.64. The van der Waals surface area contributed by atoms with Gasteiger partial charge in [0.05, 0.1) is 12.2 Å². The molecular weight excluding hydrogens is 333 g/mol.